The van der Waals surface area contributed by atoms with Gasteiger partial charge in [-0.25, -0.2) is 9.18 Å². The smallest absolute Gasteiger partial charge is 0.344 e. The summed E-state index contributed by atoms with van der Waals surface area (Å²) in [7, 11) is 0. The zero-order valence-electron chi connectivity index (χ0n) is 10.8. The van der Waals surface area contributed by atoms with Gasteiger partial charge < -0.3 is 15.2 Å². The molecule has 2 N–H and O–H groups in total. The summed E-state index contributed by atoms with van der Waals surface area (Å²) in [5, 5.41) is 0. The molecular weight excluding hydrogens is 237 g/mol. The number of ether oxygens (including phenoxy) is 2. The van der Waals surface area contributed by atoms with Gasteiger partial charge in [0.05, 0.1) is 6.10 Å². The largest absolute Gasteiger partial charge is 0.479 e. The van der Waals surface area contributed by atoms with Gasteiger partial charge in [-0.05, 0) is 38.5 Å². The maximum atomic E-state index is 13.6. The lowest BCUT2D eigenvalue weighted by Crippen LogP contribution is -2.19. The van der Waals surface area contributed by atoms with E-state index in [1.807, 2.05) is 0 Å². The fourth-order valence-corrected chi connectivity index (χ4v) is 1.35. The first-order valence-electron chi connectivity index (χ1n) is 5.77. The molecule has 0 radical (unpaired) electrons. The van der Waals surface area contributed by atoms with E-state index in [0.717, 1.165) is 0 Å². The fraction of sp³-hybridized carbons (Fsp3) is 0.462. The summed E-state index contributed by atoms with van der Waals surface area (Å²) in [5.74, 6) is -1.05. The summed E-state index contributed by atoms with van der Waals surface area (Å²) in [4.78, 5) is 11.2. The number of benzene rings is 1. The highest BCUT2D eigenvalue weighted by Gasteiger charge is 2.10. The summed E-state index contributed by atoms with van der Waals surface area (Å²) in [6.45, 7) is 4.91. The highest BCUT2D eigenvalue weighted by Crippen LogP contribution is 2.21. The lowest BCUT2D eigenvalue weighted by Gasteiger charge is -2.11. The number of carbonyl (C=O) groups excluding carboxylic acids is 1. The van der Waals surface area contributed by atoms with Crippen LogP contribution in [0.3, 0.4) is 0 Å². The van der Waals surface area contributed by atoms with Crippen molar-refractivity contribution in [1.29, 1.82) is 0 Å². The molecule has 0 bridgehead atoms. The van der Waals surface area contributed by atoms with Gasteiger partial charge >= 0.3 is 5.97 Å². The van der Waals surface area contributed by atoms with Crippen molar-refractivity contribution in [1.82, 2.24) is 0 Å². The molecule has 0 saturated carbocycles. The SMILES string of the molecule is CC(C)OC(=O)COc1ccc([C@H](C)N)cc1F. The Hall–Kier alpha value is -1.62. The zero-order chi connectivity index (χ0) is 13.7. The summed E-state index contributed by atoms with van der Waals surface area (Å²) in [5.41, 5.74) is 6.30. The monoisotopic (exact) mass is 255 g/mol. The molecule has 0 aromatic heterocycles. The van der Waals surface area contributed by atoms with Gasteiger partial charge in [-0.2, -0.15) is 0 Å². The molecule has 18 heavy (non-hydrogen) atoms. The Kier molecular flexibility index (Phi) is 5.09. The van der Waals surface area contributed by atoms with E-state index in [2.05, 4.69) is 0 Å². The van der Waals surface area contributed by atoms with Crippen LogP contribution >= 0.6 is 0 Å². The highest BCUT2D eigenvalue weighted by atomic mass is 19.1. The Morgan fingerprint density at radius 3 is 2.56 bits per heavy atom. The van der Waals surface area contributed by atoms with Gasteiger partial charge in [-0.1, -0.05) is 6.07 Å². The molecule has 1 rings (SSSR count). The third-order valence-electron chi connectivity index (χ3n) is 2.19. The number of hydrogen-bond donors (Lipinski definition) is 1. The number of esters is 1. The van der Waals surface area contributed by atoms with Gasteiger partial charge in [0, 0.05) is 6.04 Å². The second-order valence-electron chi connectivity index (χ2n) is 4.31. The molecular formula is C13H18FNO3. The van der Waals surface area contributed by atoms with Gasteiger partial charge in [-0.15, -0.1) is 0 Å². The first-order chi connectivity index (χ1) is 8.40. The number of hydrogen-bond acceptors (Lipinski definition) is 4. The normalized spacial score (nSPS) is 12.3. The molecule has 0 unspecified atom stereocenters. The standard InChI is InChI=1S/C13H18FNO3/c1-8(2)18-13(16)7-17-12-5-4-10(9(3)15)6-11(12)14/h4-6,8-9H,7,15H2,1-3H3/t9-/m0/s1. The predicted molar refractivity (Wildman–Crippen MR) is 65.7 cm³/mol. The van der Waals surface area contributed by atoms with Crippen molar-refractivity contribution in [3.63, 3.8) is 0 Å². The van der Waals surface area contributed by atoms with Crippen molar-refractivity contribution in [3.05, 3.63) is 29.6 Å². The topological polar surface area (TPSA) is 61.5 Å². The number of nitrogens with two attached hydrogens (primary N) is 1. The van der Waals surface area contributed by atoms with Gasteiger partial charge in [0.1, 0.15) is 0 Å². The van der Waals surface area contributed by atoms with E-state index in [0.29, 0.717) is 5.56 Å². The number of rotatable bonds is 5. The van der Waals surface area contributed by atoms with E-state index in [9.17, 15) is 9.18 Å². The lowest BCUT2D eigenvalue weighted by molar-refractivity contribution is -0.149. The van der Waals surface area contributed by atoms with Crippen LogP contribution in [0.25, 0.3) is 0 Å². The molecule has 0 aliphatic carbocycles. The Morgan fingerprint density at radius 1 is 1.39 bits per heavy atom. The highest BCUT2D eigenvalue weighted by molar-refractivity contribution is 5.71. The first-order valence-corrected chi connectivity index (χ1v) is 5.77. The zero-order valence-corrected chi connectivity index (χ0v) is 10.8. The van der Waals surface area contributed by atoms with Crippen molar-refractivity contribution in [2.75, 3.05) is 6.61 Å². The lowest BCUT2D eigenvalue weighted by atomic mass is 10.1. The molecule has 100 valence electrons. The third kappa shape index (κ3) is 4.33. The summed E-state index contributed by atoms with van der Waals surface area (Å²) >= 11 is 0. The van der Waals surface area contributed by atoms with Crippen molar-refractivity contribution < 1.29 is 18.7 Å². The minimum atomic E-state index is -0.540. The molecule has 1 aromatic rings. The predicted octanol–water partition coefficient (Wildman–Crippen LogP) is 2.18. The molecule has 0 saturated heterocycles. The van der Waals surface area contributed by atoms with Gasteiger partial charge in [0.2, 0.25) is 0 Å². The molecule has 0 heterocycles. The van der Waals surface area contributed by atoms with Crippen LogP contribution in [0, 0.1) is 5.82 Å². The summed E-state index contributed by atoms with van der Waals surface area (Å²) < 4.78 is 23.5. The Balaban J connectivity index is 2.60. The fourth-order valence-electron chi connectivity index (χ4n) is 1.35. The summed E-state index contributed by atoms with van der Waals surface area (Å²) in [6, 6.07) is 4.17. The first kappa shape index (κ1) is 14.4. The van der Waals surface area contributed by atoms with Crippen molar-refractivity contribution in [2.45, 2.75) is 32.9 Å². The molecule has 0 aliphatic rings. The Morgan fingerprint density at radius 2 is 2.06 bits per heavy atom. The Bertz CT molecular complexity index is 419. The van der Waals surface area contributed by atoms with E-state index < -0.39 is 11.8 Å². The van der Waals surface area contributed by atoms with E-state index in [4.69, 9.17) is 15.2 Å². The molecule has 0 spiro atoms. The minimum Gasteiger partial charge on any atom is -0.479 e. The van der Waals surface area contributed by atoms with Crippen molar-refractivity contribution in [2.24, 2.45) is 5.73 Å². The third-order valence-corrected chi connectivity index (χ3v) is 2.19. The molecule has 4 nitrogen and oxygen atoms in total. The number of halogens is 1. The van der Waals surface area contributed by atoms with Gasteiger partial charge in [0.15, 0.2) is 18.2 Å². The number of carbonyl (C=O) groups is 1. The van der Waals surface area contributed by atoms with E-state index in [-0.39, 0.29) is 24.5 Å². The van der Waals surface area contributed by atoms with Gasteiger partial charge in [0.25, 0.3) is 0 Å². The average Bonchev–Trinajstić information content (AvgIpc) is 2.26. The quantitative estimate of drug-likeness (QED) is 0.819. The van der Waals surface area contributed by atoms with E-state index in [1.165, 1.54) is 12.1 Å². The van der Waals surface area contributed by atoms with Crippen LogP contribution in [0.5, 0.6) is 5.75 Å². The summed E-state index contributed by atoms with van der Waals surface area (Å²) in [6.07, 6.45) is -0.216. The molecule has 5 heteroatoms. The molecule has 1 atom stereocenters. The van der Waals surface area contributed by atoms with Crippen LogP contribution in [0.2, 0.25) is 0 Å². The maximum absolute atomic E-state index is 13.6. The molecule has 0 amide bonds. The van der Waals surface area contributed by atoms with Crippen LogP contribution in [0.1, 0.15) is 32.4 Å². The average molecular weight is 255 g/mol. The van der Waals surface area contributed by atoms with Crippen LogP contribution in [-0.2, 0) is 9.53 Å². The van der Waals surface area contributed by atoms with Crippen LogP contribution in [0.4, 0.5) is 4.39 Å². The van der Waals surface area contributed by atoms with Crippen molar-refractivity contribution in [3.8, 4) is 5.75 Å². The molecule has 0 aliphatic heterocycles. The van der Waals surface area contributed by atoms with Gasteiger partial charge in [-0.3, -0.25) is 0 Å². The van der Waals surface area contributed by atoms with Crippen molar-refractivity contribution >= 4 is 5.97 Å². The van der Waals surface area contributed by atoms with E-state index in [1.54, 1.807) is 26.8 Å². The maximum Gasteiger partial charge on any atom is 0.344 e. The van der Waals surface area contributed by atoms with Crippen LogP contribution in [0.15, 0.2) is 18.2 Å². The van der Waals surface area contributed by atoms with E-state index >= 15 is 0 Å². The van der Waals surface area contributed by atoms with Crippen LogP contribution < -0.4 is 10.5 Å². The Labute approximate surface area is 106 Å². The minimum absolute atomic E-state index is 0.0140. The second-order valence-corrected chi connectivity index (χ2v) is 4.31. The van der Waals surface area contributed by atoms with Crippen LogP contribution in [-0.4, -0.2) is 18.7 Å². The molecule has 0 fully saturated rings. The molecule has 1 aromatic carbocycles. The second kappa shape index (κ2) is 6.35.